The molecule has 0 spiro atoms. The molecule has 0 N–H and O–H groups in total. The lowest BCUT2D eigenvalue weighted by Crippen LogP contribution is -2.63. The van der Waals surface area contributed by atoms with Gasteiger partial charge in [-0.2, -0.15) is 0 Å². The van der Waals surface area contributed by atoms with Crippen LogP contribution in [0.3, 0.4) is 0 Å². The average Bonchev–Trinajstić information content (AvgIpc) is 2.77. The molecule has 0 aromatic heterocycles. The highest BCUT2D eigenvalue weighted by molar-refractivity contribution is 6.20. The predicted octanol–water partition coefficient (Wildman–Crippen LogP) is 6.64. The molecule has 4 nitrogen and oxygen atoms in total. The molecular formula is C24H42Cl2O4. The minimum atomic E-state index is -0.974. The van der Waals surface area contributed by atoms with Gasteiger partial charge in [-0.25, -0.2) is 0 Å². The van der Waals surface area contributed by atoms with E-state index in [0.717, 1.165) is 49.2 Å². The van der Waals surface area contributed by atoms with E-state index in [9.17, 15) is 0 Å². The van der Waals surface area contributed by atoms with Crippen LogP contribution in [0.1, 0.15) is 72.1 Å². The Morgan fingerprint density at radius 2 is 1.33 bits per heavy atom. The molecule has 0 aromatic rings. The minimum Gasteiger partial charge on any atom is -0.498 e. The third-order valence-electron chi connectivity index (χ3n) is 6.55. The van der Waals surface area contributed by atoms with Gasteiger partial charge in [0.25, 0.3) is 0 Å². The fourth-order valence-corrected chi connectivity index (χ4v) is 5.49. The highest BCUT2D eigenvalue weighted by Crippen LogP contribution is 2.50. The Balaban J connectivity index is 2.81. The molecule has 6 heteroatoms. The van der Waals surface area contributed by atoms with E-state index in [1.165, 1.54) is 32.1 Å². The highest BCUT2D eigenvalue weighted by atomic mass is 35.5. The third kappa shape index (κ3) is 5.75. The molecule has 0 fully saturated rings. The van der Waals surface area contributed by atoms with Crippen molar-refractivity contribution in [2.45, 2.75) is 83.3 Å². The quantitative estimate of drug-likeness (QED) is 0.189. The number of hydrogen-bond acceptors (Lipinski definition) is 4. The largest absolute Gasteiger partial charge is 0.498 e. The molecule has 30 heavy (non-hydrogen) atoms. The van der Waals surface area contributed by atoms with Crippen molar-refractivity contribution in [1.82, 2.24) is 0 Å². The topological polar surface area (TPSA) is 36.9 Å². The molecule has 2 unspecified atom stereocenters. The molecule has 0 saturated heterocycles. The monoisotopic (exact) mass is 464 g/mol. The molecule has 1 aliphatic rings. The Labute approximate surface area is 194 Å². The summed E-state index contributed by atoms with van der Waals surface area (Å²) in [5.74, 6) is 1.10. The Kier molecular flexibility index (Phi) is 13.0. The molecule has 0 bridgehead atoms. The zero-order valence-electron chi connectivity index (χ0n) is 19.9. The average molecular weight is 466 g/mol. The van der Waals surface area contributed by atoms with Crippen molar-refractivity contribution >= 4 is 23.2 Å². The number of ether oxygens (including phenoxy) is 4. The van der Waals surface area contributed by atoms with Gasteiger partial charge in [0.2, 0.25) is 0 Å². The smallest absolute Gasteiger partial charge is 0.172 e. The van der Waals surface area contributed by atoms with Crippen LogP contribution in [0, 0.1) is 0 Å². The standard InChI is InChI=1S/C24H42Cl2O4/c1-7-8-9-10-11-12-15-30-16-13-14-21-19(2)20(3)23(17-25,28-5)24(18-26,29-6)22(21)27-4/h7-18H2,1-6H3. The number of rotatable bonds is 16. The van der Waals surface area contributed by atoms with E-state index in [1.807, 2.05) is 6.92 Å². The number of hydrogen-bond donors (Lipinski definition) is 0. The van der Waals surface area contributed by atoms with Crippen LogP contribution in [-0.2, 0) is 18.9 Å². The normalized spacial score (nSPS) is 24.7. The van der Waals surface area contributed by atoms with Gasteiger partial charge in [0.05, 0.1) is 18.9 Å². The summed E-state index contributed by atoms with van der Waals surface area (Å²) in [6, 6.07) is 0. The zero-order valence-corrected chi connectivity index (χ0v) is 21.4. The Morgan fingerprint density at radius 1 is 0.767 bits per heavy atom. The predicted molar refractivity (Wildman–Crippen MR) is 127 cm³/mol. The minimum absolute atomic E-state index is 0.176. The lowest BCUT2D eigenvalue weighted by atomic mass is 9.69. The Morgan fingerprint density at radius 3 is 1.87 bits per heavy atom. The molecule has 0 radical (unpaired) electrons. The Bertz CT molecular complexity index is 564. The summed E-state index contributed by atoms with van der Waals surface area (Å²) in [7, 11) is 4.94. The molecule has 0 amide bonds. The van der Waals surface area contributed by atoms with Crippen molar-refractivity contribution in [1.29, 1.82) is 0 Å². The van der Waals surface area contributed by atoms with Crippen molar-refractivity contribution < 1.29 is 18.9 Å². The van der Waals surface area contributed by atoms with E-state index in [1.54, 1.807) is 21.3 Å². The molecule has 1 rings (SSSR count). The van der Waals surface area contributed by atoms with Gasteiger partial charge in [0.1, 0.15) is 11.4 Å². The number of alkyl halides is 2. The van der Waals surface area contributed by atoms with E-state index in [4.69, 9.17) is 42.1 Å². The van der Waals surface area contributed by atoms with Crippen molar-refractivity contribution in [3.63, 3.8) is 0 Å². The first-order valence-electron chi connectivity index (χ1n) is 11.2. The van der Waals surface area contributed by atoms with Crippen LogP contribution in [0.4, 0.5) is 0 Å². The van der Waals surface area contributed by atoms with Gasteiger partial charge in [-0.15, -0.1) is 23.2 Å². The van der Waals surface area contributed by atoms with Gasteiger partial charge in [-0.05, 0) is 49.8 Å². The SMILES string of the molecule is CCCCCCCCOCCCC1=C(OC)C(CCl)(OC)C(CCl)(OC)C(C)=C1C. The summed E-state index contributed by atoms with van der Waals surface area (Å²) in [6.07, 6.45) is 9.39. The molecule has 0 aromatic carbocycles. The summed E-state index contributed by atoms with van der Waals surface area (Å²) in [5.41, 5.74) is 1.42. The molecule has 0 saturated carbocycles. The second-order valence-corrected chi connectivity index (χ2v) is 8.61. The van der Waals surface area contributed by atoms with E-state index in [0.29, 0.717) is 5.76 Å². The van der Waals surface area contributed by atoms with Gasteiger partial charge >= 0.3 is 0 Å². The van der Waals surface area contributed by atoms with E-state index in [-0.39, 0.29) is 11.8 Å². The second-order valence-electron chi connectivity index (χ2n) is 8.08. The van der Waals surface area contributed by atoms with Crippen LogP contribution < -0.4 is 0 Å². The number of halogens is 2. The summed E-state index contributed by atoms with van der Waals surface area (Å²) >= 11 is 12.9. The molecular weight excluding hydrogens is 423 g/mol. The summed E-state index contributed by atoms with van der Waals surface area (Å²) < 4.78 is 23.7. The highest BCUT2D eigenvalue weighted by Gasteiger charge is 2.60. The molecule has 2 atom stereocenters. The van der Waals surface area contributed by atoms with Crippen LogP contribution in [0.25, 0.3) is 0 Å². The van der Waals surface area contributed by atoms with Gasteiger partial charge < -0.3 is 18.9 Å². The second kappa shape index (κ2) is 14.0. The van der Waals surface area contributed by atoms with Crippen LogP contribution in [0.2, 0.25) is 0 Å². The molecule has 0 heterocycles. The van der Waals surface area contributed by atoms with Crippen molar-refractivity contribution in [2.75, 3.05) is 46.3 Å². The van der Waals surface area contributed by atoms with Gasteiger partial charge in [0, 0.05) is 27.4 Å². The van der Waals surface area contributed by atoms with Gasteiger partial charge in [-0.1, -0.05) is 39.0 Å². The van der Waals surface area contributed by atoms with E-state index >= 15 is 0 Å². The van der Waals surface area contributed by atoms with E-state index in [2.05, 4.69) is 13.8 Å². The first-order valence-corrected chi connectivity index (χ1v) is 12.3. The molecule has 0 aliphatic heterocycles. The summed E-state index contributed by atoms with van der Waals surface area (Å²) in [6.45, 7) is 7.94. The summed E-state index contributed by atoms with van der Waals surface area (Å²) in [5, 5.41) is 0. The maximum atomic E-state index is 6.47. The number of allylic oxidation sites excluding steroid dienone is 2. The molecule has 176 valence electrons. The van der Waals surface area contributed by atoms with Crippen LogP contribution in [-0.4, -0.2) is 57.5 Å². The summed E-state index contributed by atoms with van der Waals surface area (Å²) in [4.78, 5) is 0. The maximum Gasteiger partial charge on any atom is 0.172 e. The molecule has 1 aliphatic carbocycles. The number of methoxy groups -OCH3 is 3. The van der Waals surface area contributed by atoms with Gasteiger partial charge in [-0.3, -0.25) is 0 Å². The lowest BCUT2D eigenvalue weighted by molar-refractivity contribution is -0.144. The fourth-order valence-electron chi connectivity index (χ4n) is 4.52. The zero-order chi connectivity index (χ0) is 22.6. The Hall–Kier alpha value is -0.260. The van der Waals surface area contributed by atoms with Crippen molar-refractivity contribution in [3.05, 3.63) is 22.5 Å². The van der Waals surface area contributed by atoms with Crippen molar-refractivity contribution in [3.8, 4) is 0 Å². The third-order valence-corrected chi connectivity index (χ3v) is 7.30. The lowest BCUT2D eigenvalue weighted by Gasteiger charge is -2.51. The van der Waals surface area contributed by atoms with Crippen LogP contribution in [0.5, 0.6) is 0 Å². The van der Waals surface area contributed by atoms with E-state index < -0.39 is 11.2 Å². The van der Waals surface area contributed by atoms with Crippen molar-refractivity contribution in [2.24, 2.45) is 0 Å². The number of unbranched alkanes of at least 4 members (excludes halogenated alkanes) is 5. The van der Waals surface area contributed by atoms with Crippen LogP contribution >= 0.6 is 23.2 Å². The van der Waals surface area contributed by atoms with Gasteiger partial charge in [0.15, 0.2) is 5.60 Å². The first kappa shape index (κ1) is 27.8. The fraction of sp³-hybridized carbons (Fsp3) is 0.833. The maximum absolute atomic E-state index is 6.47. The first-order chi connectivity index (χ1) is 14.5. The van der Waals surface area contributed by atoms with Crippen LogP contribution in [0.15, 0.2) is 22.5 Å².